The normalized spacial score (nSPS) is 53.4. The molecule has 1 atom stereocenters. The minimum atomic E-state index is 0.745. The van der Waals surface area contributed by atoms with Gasteiger partial charge in [0, 0.05) is 0 Å². The molecule has 0 amide bonds. The first-order valence-electron chi connectivity index (χ1n) is 4.71. The van der Waals surface area contributed by atoms with E-state index in [2.05, 4.69) is 13.8 Å². The molecule has 0 nitrogen and oxygen atoms in total. The second-order valence-corrected chi connectivity index (χ2v) is 4.73. The lowest BCUT2D eigenvalue weighted by molar-refractivity contribution is 0.0209. The molecule has 0 saturated heterocycles. The van der Waals surface area contributed by atoms with E-state index in [1.807, 2.05) is 0 Å². The summed E-state index contributed by atoms with van der Waals surface area (Å²) in [6.07, 6.45) is 7.61. The molecule has 0 aliphatic heterocycles. The van der Waals surface area contributed by atoms with Crippen LogP contribution in [0.2, 0.25) is 0 Å². The molecule has 10 heavy (non-hydrogen) atoms. The molecule has 3 rings (SSSR count). The molecule has 0 spiro atoms. The van der Waals surface area contributed by atoms with Crippen LogP contribution in [0, 0.1) is 17.3 Å². The largest absolute Gasteiger partial charge is 0.0620 e. The zero-order chi connectivity index (χ0) is 7.19. The van der Waals surface area contributed by atoms with Crippen molar-refractivity contribution < 1.29 is 0 Å². The Morgan fingerprint density at radius 2 is 1.80 bits per heavy atom. The predicted octanol–water partition coefficient (Wildman–Crippen LogP) is 3.22. The van der Waals surface area contributed by atoms with Crippen molar-refractivity contribution in [3.63, 3.8) is 0 Å². The van der Waals surface area contributed by atoms with E-state index in [-0.39, 0.29) is 0 Å². The Hall–Kier alpha value is 0. The first-order valence-corrected chi connectivity index (χ1v) is 4.71. The molecule has 3 aliphatic rings. The average molecular weight is 138 g/mol. The van der Waals surface area contributed by atoms with Gasteiger partial charge in [-0.15, -0.1) is 0 Å². The maximum atomic E-state index is 2.49. The van der Waals surface area contributed by atoms with Crippen molar-refractivity contribution in [2.75, 3.05) is 0 Å². The minimum absolute atomic E-state index is 0.745. The third kappa shape index (κ3) is 0.810. The molecule has 58 valence electrons. The maximum Gasteiger partial charge on any atom is -0.0300 e. The van der Waals surface area contributed by atoms with Crippen molar-refractivity contribution in [2.24, 2.45) is 17.3 Å². The highest BCUT2D eigenvalue weighted by atomic mass is 14.5. The molecule has 1 unspecified atom stereocenters. The van der Waals surface area contributed by atoms with Crippen LogP contribution in [0.3, 0.4) is 0 Å². The monoisotopic (exact) mass is 138 g/mol. The van der Waals surface area contributed by atoms with Crippen molar-refractivity contribution >= 4 is 0 Å². The third-order valence-corrected chi connectivity index (χ3v) is 4.12. The Morgan fingerprint density at radius 1 is 1.20 bits per heavy atom. The molecule has 0 heterocycles. The van der Waals surface area contributed by atoms with Crippen LogP contribution < -0.4 is 0 Å². The van der Waals surface area contributed by atoms with Gasteiger partial charge in [-0.05, 0) is 49.4 Å². The van der Waals surface area contributed by atoms with E-state index in [9.17, 15) is 0 Å². The Kier molecular flexibility index (Phi) is 1.33. The summed E-state index contributed by atoms with van der Waals surface area (Å²) in [5.74, 6) is 2.12. The molecule has 3 aliphatic carbocycles. The minimum Gasteiger partial charge on any atom is -0.0620 e. The van der Waals surface area contributed by atoms with Crippen LogP contribution in [-0.4, -0.2) is 0 Å². The molecule has 3 saturated carbocycles. The van der Waals surface area contributed by atoms with E-state index in [1.165, 1.54) is 32.1 Å². The van der Waals surface area contributed by atoms with Crippen molar-refractivity contribution in [1.29, 1.82) is 0 Å². The van der Waals surface area contributed by atoms with E-state index in [0.717, 1.165) is 17.3 Å². The molecular weight excluding hydrogens is 120 g/mol. The van der Waals surface area contributed by atoms with Crippen LogP contribution in [0.25, 0.3) is 0 Å². The van der Waals surface area contributed by atoms with Crippen LogP contribution in [0.5, 0.6) is 0 Å². The Bertz CT molecular complexity index is 129. The Labute approximate surface area is 64.0 Å². The van der Waals surface area contributed by atoms with Crippen molar-refractivity contribution in [1.82, 2.24) is 0 Å². The van der Waals surface area contributed by atoms with Gasteiger partial charge in [0.2, 0.25) is 0 Å². The van der Waals surface area contributed by atoms with Gasteiger partial charge in [-0.25, -0.2) is 0 Å². The summed E-state index contributed by atoms with van der Waals surface area (Å²) in [6, 6.07) is 0. The second kappa shape index (κ2) is 1.99. The lowest BCUT2D eigenvalue weighted by Gasteiger charge is -2.49. The van der Waals surface area contributed by atoms with E-state index < -0.39 is 0 Å². The molecule has 3 fully saturated rings. The Morgan fingerprint density at radius 3 is 2.10 bits per heavy atom. The topological polar surface area (TPSA) is 0 Å². The van der Waals surface area contributed by atoms with Gasteiger partial charge in [-0.1, -0.05) is 13.8 Å². The van der Waals surface area contributed by atoms with Crippen LogP contribution in [0.1, 0.15) is 46.0 Å². The zero-order valence-electron chi connectivity index (χ0n) is 7.19. The van der Waals surface area contributed by atoms with E-state index in [1.54, 1.807) is 0 Å². The standard InChI is InChI=1S/C10H18/c1-8-7-9-3-5-10(8,2)6-4-9/h8-9H,3-7H2,1-2H3. The maximum absolute atomic E-state index is 2.49. The first-order chi connectivity index (χ1) is 4.71. The molecular formula is C10H18. The van der Waals surface area contributed by atoms with Crippen molar-refractivity contribution in [3.8, 4) is 0 Å². The summed E-state index contributed by atoms with van der Waals surface area (Å²) in [4.78, 5) is 0. The third-order valence-electron chi connectivity index (χ3n) is 4.12. The molecule has 0 aromatic heterocycles. The lowest BCUT2D eigenvalue weighted by atomic mass is 9.57. The summed E-state index contributed by atoms with van der Waals surface area (Å²) in [6.45, 7) is 4.94. The van der Waals surface area contributed by atoms with E-state index in [0.29, 0.717) is 0 Å². The number of hydrogen-bond acceptors (Lipinski definition) is 0. The predicted molar refractivity (Wildman–Crippen MR) is 43.8 cm³/mol. The summed E-state index contributed by atoms with van der Waals surface area (Å²) >= 11 is 0. The molecule has 0 N–H and O–H groups in total. The Balaban J connectivity index is 2.17. The van der Waals surface area contributed by atoms with Gasteiger partial charge in [0.1, 0.15) is 0 Å². The molecule has 2 bridgehead atoms. The van der Waals surface area contributed by atoms with Crippen molar-refractivity contribution in [2.45, 2.75) is 46.0 Å². The van der Waals surface area contributed by atoms with Gasteiger partial charge < -0.3 is 0 Å². The van der Waals surface area contributed by atoms with Gasteiger partial charge in [-0.3, -0.25) is 0 Å². The first kappa shape index (κ1) is 6.69. The van der Waals surface area contributed by atoms with Gasteiger partial charge >= 0.3 is 0 Å². The second-order valence-electron chi connectivity index (χ2n) is 4.73. The molecule has 0 radical (unpaired) electrons. The highest BCUT2D eigenvalue weighted by molar-refractivity contribution is 4.92. The molecule has 0 heteroatoms. The van der Waals surface area contributed by atoms with Crippen LogP contribution in [0.15, 0.2) is 0 Å². The average Bonchev–Trinajstić information content (AvgIpc) is 1.92. The highest BCUT2D eigenvalue weighted by Gasteiger charge is 2.41. The quantitative estimate of drug-likeness (QED) is 0.482. The lowest BCUT2D eigenvalue weighted by Crippen LogP contribution is -2.38. The SMILES string of the molecule is CC1CC2CCC1(C)CC2. The van der Waals surface area contributed by atoms with E-state index in [4.69, 9.17) is 0 Å². The van der Waals surface area contributed by atoms with Gasteiger partial charge in [0.05, 0.1) is 0 Å². The zero-order valence-corrected chi connectivity index (χ0v) is 7.19. The van der Waals surface area contributed by atoms with Gasteiger partial charge in [0.25, 0.3) is 0 Å². The summed E-state index contributed by atoms with van der Waals surface area (Å²) in [7, 11) is 0. The summed E-state index contributed by atoms with van der Waals surface area (Å²) in [5, 5.41) is 0. The fourth-order valence-electron chi connectivity index (χ4n) is 2.85. The smallest absolute Gasteiger partial charge is 0.0300 e. The fourth-order valence-corrected chi connectivity index (χ4v) is 2.85. The number of rotatable bonds is 0. The number of hydrogen-bond donors (Lipinski definition) is 0. The fraction of sp³-hybridized carbons (Fsp3) is 1.00. The van der Waals surface area contributed by atoms with Gasteiger partial charge in [0.15, 0.2) is 0 Å². The highest BCUT2D eigenvalue weighted by Crippen LogP contribution is 2.53. The van der Waals surface area contributed by atoms with Crippen LogP contribution >= 0.6 is 0 Å². The molecule has 0 aromatic carbocycles. The molecule has 0 aromatic rings. The van der Waals surface area contributed by atoms with Crippen molar-refractivity contribution in [3.05, 3.63) is 0 Å². The number of fused-ring (bicyclic) bond motifs is 3. The summed E-state index contributed by atoms with van der Waals surface area (Å²) < 4.78 is 0. The summed E-state index contributed by atoms with van der Waals surface area (Å²) in [5.41, 5.74) is 0.745. The van der Waals surface area contributed by atoms with Crippen LogP contribution in [-0.2, 0) is 0 Å². The van der Waals surface area contributed by atoms with Gasteiger partial charge in [-0.2, -0.15) is 0 Å². The van der Waals surface area contributed by atoms with E-state index >= 15 is 0 Å². The van der Waals surface area contributed by atoms with Crippen LogP contribution in [0.4, 0.5) is 0 Å².